The molecule has 0 fully saturated rings. The van der Waals surface area contributed by atoms with Crippen LogP contribution in [0.3, 0.4) is 0 Å². The summed E-state index contributed by atoms with van der Waals surface area (Å²) in [6, 6.07) is 4.39. The van der Waals surface area contributed by atoms with Gasteiger partial charge in [-0.15, -0.1) is 0 Å². The molecule has 5 heteroatoms. The lowest BCUT2D eigenvalue weighted by molar-refractivity contribution is 0.392. The topological polar surface area (TPSA) is 85.6 Å². The van der Waals surface area contributed by atoms with Crippen molar-refractivity contribution in [1.29, 1.82) is 10.5 Å². The molecule has 0 amide bonds. The van der Waals surface area contributed by atoms with Gasteiger partial charge in [0.15, 0.2) is 0 Å². The molecule has 2 heterocycles. The van der Waals surface area contributed by atoms with Gasteiger partial charge < -0.3 is 9.84 Å². The Bertz CT molecular complexity index is 624. The second kappa shape index (κ2) is 4.62. The zero-order chi connectivity index (χ0) is 14.2. The molecule has 1 N–H and O–H groups in total. The first kappa shape index (κ1) is 12.9. The molecule has 0 spiro atoms. The number of dihydropyridines is 1. The molecule has 0 aliphatic carbocycles. The maximum absolute atomic E-state index is 9.38. The van der Waals surface area contributed by atoms with Crippen molar-refractivity contribution in [3.8, 4) is 12.1 Å². The van der Waals surface area contributed by atoms with Crippen molar-refractivity contribution < 1.29 is 4.52 Å². The van der Waals surface area contributed by atoms with Gasteiger partial charge in [0.1, 0.15) is 5.76 Å². The van der Waals surface area contributed by atoms with Crippen molar-refractivity contribution in [2.45, 2.75) is 33.6 Å². The Morgan fingerprint density at radius 2 is 1.58 bits per heavy atom. The molecule has 1 aromatic rings. The van der Waals surface area contributed by atoms with Crippen LogP contribution in [0.2, 0.25) is 0 Å². The maximum Gasteiger partial charge on any atom is 0.138 e. The average molecular weight is 254 g/mol. The summed E-state index contributed by atoms with van der Waals surface area (Å²) in [5.41, 5.74) is 4.14. The zero-order valence-electron chi connectivity index (χ0n) is 11.3. The highest BCUT2D eigenvalue weighted by Crippen LogP contribution is 2.39. The van der Waals surface area contributed by atoms with Gasteiger partial charge in [-0.2, -0.15) is 10.5 Å². The molecular weight excluding hydrogens is 240 g/mol. The van der Waals surface area contributed by atoms with Crippen LogP contribution in [0.1, 0.15) is 36.8 Å². The Balaban J connectivity index is 2.72. The fourth-order valence-electron chi connectivity index (χ4n) is 2.48. The third-order valence-corrected chi connectivity index (χ3v) is 3.38. The maximum atomic E-state index is 9.38. The molecule has 1 aliphatic rings. The summed E-state index contributed by atoms with van der Waals surface area (Å²) in [7, 11) is 0. The van der Waals surface area contributed by atoms with E-state index in [0.717, 1.165) is 17.0 Å². The van der Waals surface area contributed by atoms with E-state index in [0.29, 0.717) is 22.6 Å². The Kier molecular flexibility index (Phi) is 3.14. The molecular formula is C14H14N4O. The highest BCUT2D eigenvalue weighted by Gasteiger charge is 2.33. The number of nitriles is 2. The number of rotatable bonds is 1. The van der Waals surface area contributed by atoms with Crippen LogP contribution in [-0.2, 0) is 0 Å². The minimum Gasteiger partial charge on any atom is -0.361 e. The summed E-state index contributed by atoms with van der Waals surface area (Å²) in [4.78, 5) is 0. The van der Waals surface area contributed by atoms with Gasteiger partial charge in [-0.1, -0.05) is 5.16 Å². The fourth-order valence-corrected chi connectivity index (χ4v) is 2.48. The van der Waals surface area contributed by atoms with E-state index in [2.05, 4.69) is 22.6 Å². The van der Waals surface area contributed by atoms with Crippen molar-refractivity contribution in [2.75, 3.05) is 0 Å². The molecule has 0 saturated heterocycles. The molecule has 0 atom stereocenters. The minimum atomic E-state index is -0.387. The first-order valence-electron chi connectivity index (χ1n) is 5.92. The molecule has 0 bridgehead atoms. The monoisotopic (exact) mass is 254 g/mol. The van der Waals surface area contributed by atoms with Crippen molar-refractivity contribution in [3.05, 3.63) is 39.6 Å². The lowest BCUT2D eigenvalue weighted by Gasteiger charge is -2.25. The molecule has 2 rings (SSSR count). The van der Waals surface area contributed by atoms with Crippen molar-refractivity contribution in [2.24, 2.45) is 0 Å². The summed E-state index contributed by atoms with van der Waals surface area (Å²) in [6.07, 6.45) is 0. The van der Waals surface area contributed by atoms with Crippen LogP contribution in [0.4, 0.5) is 0 Å². The second-order valence-corrected chi connectivity index (χ2v) is 4.60. The quantitative estimate of drug-likeness (QED) is 0.832. The summed E-state index contributed by atoms with van der Waals surface area (Å²) in [5.74, 6) is 0.257. The van der Waals surface area contributed by atoms with Crippen LogP contribution >= 0.6 is 0 Å². The van der Waals surface area contributed by atoms with E-state index in [9.17, 15) is 10.5 Å². The van der Waals surface area contributed by atoms with Crippen LogP contribution in [0, 0.1) is 36.5 Å². The number of nitrogens with zero attached hydrogens (tertiary/aromatic N) is 3. The molecule has 0 aromatic carbocycles. The minimum absolute atomic E-state index is 0.387. The summed E-state index contributed by atoms with van der Waals surface area (Å²) < 4.78 is 5.17. The van der Waals surface area contributed by atoms with Crippen LogP contribution in [-0.4, -0.2) is 5.16 Å². The van der Waals surface area contributed by atoms with Gasteiger partial charge in [0.05, 0.1) is 34.9 Å². The van der Waals surface area contributed by atoms with Crippen LogP contribution < -0.4 is 5.32 Å². The molecule has 0 saturated carbocycles. The van der Waals surface area contributed by atoms with Crippen molar-refractivity contribution >= 4 is 0 Å². The lowest BCUT2D eigenvalue weighted by atomic mass is 9.81. The van der Waals surface area contributed by atoms with Gasteiger partial charge in [0.25, 0.3) is 0 Å². The molecule has 96 valence electrons. The molecule has 19 heavy (non-hydrogen) atoms. The largest absolute Gasteiger partial charge is 0.361 e. The van der Waals surface area contributed by atoms with Crippen LogP contribution in [0.15, 0.2) is 27.1 Å². The predicted octanol–water partition coefficient (Wildman–Crippen LogP) is 2.57. The summed E-state index contributed by atoms with van der Waals surface area (Å²) in [6.45, 7) is 7.29. The SMILES string of the molecule is CC1=C(C#N)C(c2c(C)noc2C)C(C#N)=C(C)N1. The van der Waals surface area contributed by atoms with Gasteiger partial charge in [-0.25, -0.2) is 0 Å². The Morgan fingerprint density at radius 1 is 1.05 bits per heavy atom. The van der Waals surface area contributed by atoms with E-state index in [4.69, 9.17) is 4.52 Å². The number of aryl methyl sites for hydroxylation is 2. The third-order valence-electron chi connectivity index (χ3n) is 3.38. The van der Waals surface area contributed by atoms with E-state index < -0.39 is 0 Å². The number of hydrogen-bond donors (Lipinski definition) is 1. The number of aromatic nitrogens is 1. The summed E-state index contributed by atoms with van der Waals surface area (Å²) in [5, 5.41) is 25.8. The Hall–Kier alpha value is -2.53. The molecule has 1 aromatic heterocycles. The molecule has 0 radical (unpaired) electrons. The highest BCUT2D eigenvalue weighted by atomic mass is 16.5. The zero-order valence-corrected chi connectivity index (χ0v) is 11.3. The average Bonchev–Trinajstić information content (AvgIpc) is 2.68. The van der Waals surface area contributed by atoms with Gasteiger partial charge in [-0.3, -0.25) is 0 Å². The number of allylic oxidation sites excluding steroid dienone is 4. The van der Waals surface area contributed by atoms with E-state index >= 15 is 0 Å². The second-order valence-electron chi connectivity index (χ2n) is 4.60. The molecule has 0 unspecified atom stereocenters. The van der Waals surface area contributed by atoms with Gasteiger partial charge >= 0.3 is 0 Å². The molecule has 5 nitrogen and oxygen atoms in total. The first-order valence-corrected chi connectivity index (χ1v) is 5.92. The molecule has 1 aliphatic heterocycles. The van der Waals surface area contributed by atoms with E-state index in [1.54, 1.807) is 6.92 Å². The van der Waals surface area contributed by atoms with E-state index in [1.165, 1.54) is 0 Å². The fraction of sp³-hybridized carbons (Fsp3) is 0.357. The third kappa shape index (κ3) is 1.90. The highest BCUT2D eigenvalue weighted by molar-refractivity contribution is 5.56. The van der Waals surface area contributed by atoms with Crippen LogP contribution in [0.25, 0.3) is 0 Å². The van der Waals surface area contributed by atoms with Gasteiger partial charge in [0.2, 0.25) is 0 Å². The number of hydrogen-bond acceptors (Lipinski definition) is 5. The van der Waals surface area contributed by atoms with E-state index in [1.807, 2.05) is 20.8 Å². The first-order chi connectivity index (χ1) is 9.01. The van der Waals surface area contributed by atoms with Crippen LogP contribution in [0.5, 0.6) is 0 Å². The Labute approximate surface area is 111 Å². The van der Waals surface area contributed by atoms with E-state index in [-0.39, 0.29) is 5.92 Å². The van der Waals surface area contributed by atoms with Crippen molar-refractivity contribution in [3.63, 3.8) is 0 Å². The summed E-state index contributed by atoms with van der Waals surface area (Å²) >= 11 is 0. The van der Waals surface area contributed by atoms with Crippen molar-refractivity contribution in [1.82, 2.24) is 10.5 Å². The smallest absolute Gasteiger partial charge is 0.138 e. The number of nitrogens with one attached hydrogen (secondary N) is 1. The van der Waals surface area contributed by atoms with Gasteiger partial charge in [-0.05, 0) is 27.7 Å². The standard InChI is InChI=1S/C14H14N4O/c1-7-11(5-15)14(12(6-16)8(2)17-7)13-9(3)18-19-10(13)4/h14,17H,1-4H3. The Morgan fingerprint density at radius 3 is 1.95 bits per heavy atom. The predicted molar refractivity (Wildman–Crippen MR) is 68.5 cm³/mol. The normalized spacial score (nSPS) is 16.1. The van der Waals surface area contributed by atoms with Gasteiger partial charge in [0, 0.05) is 17.0 Å². The lowest BCUT2D eigenvalue weighted by Crippen LogP contribution is -2.23.